The number of pyridine rings is 1. The molecule has 2 atom stereocenters. The molecule has 150 valence electrons. The minimum Gasteiger partial charge on any atom is -0.395 e. The van der Waals surface area contributed by atoms with Gasteiger partial charge in [-0.3, -0.25) is 4.90 Å². The maximum absolute atomic E-state index is 14.8. The van der Waals surface area contributed by atoms with E-state index in [9.17, 15) is 9.50 Å². The van der Waals surface area contributed by atoms with Crippen LogP contribution in [0, 0.1) is 5.82 Å². The average Bonchev–Trinajstić information content (AvgIpc) is 3.43. The average molecular weight is 429 g/mol. The van der Waals surface area contributed by atoms with Crippen molar-refractivity contribution in [3.63, 3.8) is 0 Å². The van der Waals surface area contributed by atoms with Crippen LogP contribution < -0.4 is 5.32 Å². The van der Waals surface area contributed by atoms with Crippen LogP contribution >= 0.6 is 22.7 Å². The summed E-state index contributed by atoms with van der Waals surface area (Å²) in [6, 6.07) is 8.13. The van der Waals surface area contributed by atoms with Crippen LogP contribution in [0.2, 0.25) is 0 Å². The van der Waals surface area contributed by atoms with Crippen LogP contribution in [0.4, 0.5) is 15.8 Å². The predicted octanol–water partition coefficient (Wildman–Crippen LogP) is 4.96. The van der Waals surface area contributed by atoms with Gasteiger partial charge < -0.3 is 10.4 Å². The van der Waals surface area contributed by atoms with Gasteiger partial charge in [0.2, 0.25) is 0 Å². The second-order valence-corrected chi connectivity index (χ2v) is 9.32. The predicted molar refractivity (Wildman–Crippen MR) is 118 cm³/mol. The maximum atomic E-state index is 14.8. The quantitative estimate of drug-likeness (QED) is 0.471. The van der Waals surface area contributed by atoms with E-state index in [4.69, 9.17) is 0 Å². The highest BCUT2D eigenvalue weighted by Crippen LogP contribution is 2.41. The second kappa shape index (κ2) is 7.60. The van der Waals surface area contributed by atoms with Crippen molar-refractivity contribution < 1.29 is 9.50 Å². The standard InChI is InChI=1S/C21H21FN4OS2/c1-12-13(5-7-26(12)8-9-27)18-10-14-15(4-6-23-21(14)29-18)25-16-2-3-17-20(19(16)22)24-11-28-17/h2-4,6,10-13,27H,5,7-9H2,1H3,(H,23,25)/t12-,13-/m1/s1. The molecule has 1 fully saturated rings. The number of aromatic nitrogens is 2. The first-order valence-electron chi connectivity index (χ1n) is 9.68. The molecule has 0 bridgehead atoms. The van der Waals surface area contributed by atoms with Gasteiger partial charge in [-0.15, -0.1) is 22.7 Å². The SMILES string of the molecule is C[C@@H]1[C@H](c2cc3c(Nc4ccc5scnc5c4F)ccnc3s2)CCN1CCO. The molecule has 0 spiro atoms. The van der Waals surface area contributed by atoms with Crippen LogP contribution in [0.15, 0.2) is 36.0 Å². The third-order valence-electron chi connectivity index (χ3n) is 5.80. The number of hydrogen-bond donors (Lipinski definition) is 2. The summed E-state index contributed by atoms with van der Waals surface area (Å²) in [5.74, 6) is 0.102. The van der Waals surface area contributed by atoms with E-state index in [-0.39, 0.29) is 12.4 Å². The van der Waals surface area contributed by atoms with Crippen molar-refractivity contribution in [1.29, 1.82) is 0 Å². The van der Waals surface area contributed by atoms with Crippen molar-refractivity contribution in [3.8, 4) is 0 Å². The van der Waals surface area contributed by atoms with E-state index in [0.29, 0.717) is 29.7 Å². The number of nitrogens with zero attached hydrogens (tertiary/aromatic N) is 3. The number of rotatable bonds is 5. The van der Waals surface area contributed by atoms with Gasteiger partial charge in [-0.1, -0.05) is 0 Å². The molecule has 0 saturated carbocycles. The zero-order chi connectivity index (χ0) is 20.0. The van der Waals surface area contributed by atoms with Crippen molar-refractivity contribution in [2.75, 3.05) is 25.0 Å². The fraction of sp³-hybridized carbons (Fsp3) is 0.333. The van der Waals surface area contributed by atoms with Gasteiger partial charge in [0.25, 0.3) is 0 Å². The smallest absolute Gasteiger partial charge is 0.173 e. The van der Waals surface area contributed by atoms with Gasteiger partial charge in [0.05, 0.1) is 28.2 Å². The Kier molecular flexibility index (Phi) is 4.95. The Morgan fingerprint density at radius 3 is 3.03 bits per heavy atom. The molecule has 2 N–H and O–H groups in total. The van der Waals surface area contributed by atoms with E-state index < -0.39 is 0 Å². The zero-order valence-corrected chi connectivity index (χ0v) is 17.6. The molecule has 5 rings (SSSR count). The minimum absolute atomic E-state index is 0.188. The number of nitrogens with one attached hydrogen (secondary N) is 1. The lowest BCUT2D eigenvalue weighted by Crippen LogP contribution is -2.31. The summed E-state index contributed by atoms with van der Waals surface area (Å²) in [7, 11) is 0. The first-order chi connectivity index (χ1) is 14.2. The number of likely N-dealkylation sites (tertiary alicyclic amines) is 1. The number of β-amino-alcohol motifs (C(OH)–C–C–N with tert-alkyl or cyclic N) is 1. The van der Waals surface area contributed by atoms with E-state index in [1.165, 1.54) is 16.2 Å². The Hall–Kier alpha value is -2.13. The molecule has 3 aromatic heterocycles. The Bertz CT molecular complexity index is 1170. The molecule has 4 heterocycles. The largest absolute Gasteiger partial charge is 0.395 e. The monoisotopic (exact) mass is 428 g/mol. The van der Waals surface area contributed by atoms with Gasteiger partial charge in [0, 0.05) is 35.0 Å². The van der Waals surface area contributed by atoms with Gasteiger partial charge in [0.15, 0.2) is 5.82 Å². The maximum Gasteiger partial charge on any atom is 0.173 e. The molecule has 5 nitrogen and oxygen atoms in total. The zero-order valence-electron chi connectivity index (χ0n) is 15.9. The molecule has 0 amide bonds. The lowest BCUT2D eigenvalue weighted by atomic mass is 9.99. The number of halogens is 1. The van der Waals surface area contributed by atoms with E-state index in [1.54, 1.807) is 29.1 Å². The molecular formula is C21H21FN4OS2. The van der Waals surface area contributed by atoms with Gasteiger partial charge >= 0.3 is 0 Å². The van der Waals surface area contributed by atoms with Crippen molar-refractivity contribution in [2.45, 2.75) is 25.3 Å². The fourth-order valence-corrected chi connectivity index (χ4v) is 6.15. The van der Waals surface area contributed by atoms with Gasteiger partial charge in [-0.2, -0.15) is 0 Å². The summed E-state index contributed by atoms with van der Waals surface area (Å²) >= 11 is 3.14. The number of fused-ring (bicyclic) bond motifs is 2. The van der Waals surface area contributed by atoms with Crippen LogP contribution in [-0.4, -0.2) is 45.7 Å². The summed E-state index contributed by atoms with van der Waals surface area (Å²) in [4.78, 5) is 13.3. The van der Waals surface area contributed by atoms with Gasteiger partial charge in [-0.25, -0.2) is 14.4 Å². The Morgan fingerprint density at radius 2 is 2.17 bits per heavy atom. The number of aliphatic hydroxyl groups is 1. The van der Waals surface area contributed by atoms with Crippen LogP contribution in [0.3, 0.4) is 0 Å². The van der Waals surface area contributed by atoms with Crippen molar-refractivity contribution >= 4 is 54.5 Å². The van der Waals surface area contributed by atoms with E-state index in [2.05, 4.69) is 33.2 Å². The minimum atomic E-state index is -0.326. The molecule has 8 heteroatoms. The Labute approximate surface area is 175 Å². The van der Waals surface area contributed by atoms with Crippen LogP contribution in [0.25, 0.3) is 20.4 Å². The molecule has 0 radical (unpaired) electrons. The van der Waals surface area contributed by atoms with Crippen LogP contribution in [0.5, 0.6) is 0 Å². The van der Waals surface area contributed by atoms with Crippen LogP contribution in [-0.2, 0) is 0 Å². The highest BCUT2D eigenvalue weighted by molar-refractivity contribution is 7.18. The third-order valence-corrected chi connectivity index (χ3v) is 7.77. The summed E-state index contributed by atoms with van der Waals surface area (Å²) in [6.45, 7) is 4.13. The Balaban J connectivity index is 1.48. The number of benzene rings is 1. The highest BCUT2D eigenvalue weighted by Gasteiger charge is 2.32. The molecule has 0 aliphatic carbocycles. The van der Waals surface area contributed by atoms with Crippen molar-refractivity contribution in [1.82, 2.24) is 14.9 Å². The number of anilines is 2. The molecule has 1 saturated heterocycles. The second-order valence-electron chi connectivity index (χ2n) is 7.37. The first kappa shape index (κ1) is 18.9. The third kappa shape index (κ3) is 3.30. The fourth-order valence-electron chi connectivity index (χ4n) is 4.22. The number of thiophene rings is 1. The molecule has 1 aliphatic heterocycles. The molecular weight excluding hydrogens is 407 g/mol. The number of aliphatic hydroxyl groups excluding tert-OH is 1. The molecule has 1 aliphatic rings. The summed E-state index contributed by atoms with van der Waals surface area (Å²) in [5.41, 5.74) is 3.34. The highest BCUT2D eigenvalue weighted by atomic mass is 32.1. The molecule has 29 heavy (non-hydrogen) atoms. The first-order valence-corrected chi connectivity index (χ1v) is 11.4. The molecule has 1 aromatic carbocycles. The van der Waals surface area contributed by atoms with Gasteiger partial charge in [0.1, 0.15) is 10.3 Å². The van der Waals surface area contributed by atoms with Crippen molar-refractivity contribution in [3.05, 3.63) is 46.7 Å². The number of hydrogen-bond acceptors (Lipinski definition) is 7. The number of thiazole rings is 1. The van der Waals surface area contributed by atoms with E-state index in [0.717, 1.165) is 33.6 Å². The van der Waals surface area contributed by atoms with Crippen LogP contribution in [0.1, 0.15) is 24.1 Å². The van der Waals surface area contributed by atoms with E-state index >= 15 is 0 Å². The lowest BCUT2D eigenvalue weighted by Gasteiger charge is -2.23. The van der Waals surface area contributed by atoms with Gasteiger partial charge in [-0.05, 0) is 44.2 Å². The molecule has 0 unspecified atom stereocenters. The topological polar surface area (TPSA) is 61.3 Å². The summed E-state index contributed by atoms with van der Waals surface area (Å²) in [5, 5.41) is 13.5. The summed E-state index contributed by atoms with van der Waals surface area (Å²) < 4.78 is 15.7. The van der Waals surface area contributed by atoms with E-state index in [1.807, 2.05) is 12.1 Å². The normalized spacial score (nSPS) is 20.1. The van der Waals surface area contributed by atoms with Crippen molar-refractivity contribution in [2.24, 2.45) is 0 Å². The molecule has 4 aromatic rings. The summed E-state index contributed by atoms with van der Waals surface area (Å²) in [6.07, 6.45) is 2.84. The lowest BCUT2D eigenvalue weighted by molar-refractivity contribution is 0.188. The Morgan fingerprint density at radius 1 is 1.28 bits per heavy atom.